The second-order valence-electron chi connectivity index (χ2n) is 2.48. The Morgan fingerprint density at radius 3 is 2.40 bits per heavy atom. The fourth-order valence-corrected chi connectivity index (χ4v) is 0.361. The lowest BCUT2D eigenvalue weighted by Gasteiger charge is -2.00. The van der Waals surface area contributed by atoms with Crippen molar-refractivity contribution in [3.05, 3.63) is 11.8 Å². The molecule has 0 aromatic heterocycles. The highest BCUT2D eigenvalue weighted by molar-refractivity contribution is 6.64. The predicted octanol–water partition coefficient (Wildman–Crippen LogP) is 2.10. The molecule has 0 aliphatic carbocycles. The van der Waals surface area contributed by atoms with Crippen molar-refractivity contribution in [2.45, 2.75) is 20.8 Å². The fourth-order valence-electron chi connectivity index (χ4n) is 0.313. The van der Waals surface area contributed by atoms with Crippen molar-refractivity contribution in [2.24, 2.45) is 16.6 Å². The second kappa shape index (κ2) is 4.34. The van der Waals surface area contributed by atoms with E-state index in [0.717, 1.165) is 0 Å². The van der Waals surface area contributed by atoms with E-state index in [1.54, 1.807) is 6.20 Å². The van der Waals surface area contributed by atoms with Crippen LogP contribution in [-0.4, -0.2) is 5.29 Å². The van der Waals surface area contributed by atoms with Gasteiger partial charge in [-0.3, -0.25) is 0 Å². The van der Waals surface area contributed by atoms with Gasteiger partial charge in [-0.2, -0.15) is 0 Å². The van der Waals surface area contributed by atoms with Gasteiger partial charge in [0.2, 0.25) is 0 Å². The van der Waals surface area contributed by atoms with E-state index in [2.05, 4.69) is 18.8 Å². The maximum absolute atomic E-state index is 5.31. The minimum Gasteiger partial charge on any atom is -0.374 e. The summed E-state index contributed by atoms with van der Waals surface area (Å²) in [4.78, 5) is 3.74. The van der Waals surface area contributed by atoms with E-state index >= 15 is 0 Å². The van der Waals surface area contributed by atoms with Crippen molar-refractivity contribution in [1.29, 1.82) is 0 Å². The number of nitrogens with zero attached hydrogens (tertiary/aromatic N) is 1. The maximum Gasteiger partial charge on any atom is 0.193 e. The topological polar surface area (TPSA) is 38.4 Å². The van der Waals surface area contributed by atoms with Gasteiger partial charge in [0, 0.05) is 6.20 Å². The number of halogens is 1. The molecule has 0 amide bonds. The minimum absolute atomic E-state index is 0.0833. The Kier molecular flexibility index (Phi) is 4.12. The molecule has 0 saturated heterocycles. The first-order chi connectivity index (χ1) is 4.54. The molecule has 0 heterocycles. The van der Waals surface area contributed by atoms with Gasteiger partial charge >= 0.3 is 0 Å². The Morgan fingerprint density at radius 2 is 2.10 bits per heavy atom. The van der Waals surface area contributed by atoms with Gasteiger partial charge in [-0.05, 0) is 24.4 Å². The smallest absolute Gasteiger partial charge is 0.193 e. The van der Waals surface area contributed by atoms with Crippen LogP contribution in [0.1, 0.15) is 20.8 Å². The highest BCUT2D eigenvalue weighted by Crippen LogP contribution is 2.07. The summed E-state index contributed by atoms with van der Waals surface area (Å²) in [5, 5.41) is 0.0833. The summed E-state index contributed by atoms with van der Waals surface area (Å²) < 4.78 is 0. The first kappa shape index (κ1) is 9.50. The quantitative estimate of drug-likeness (QED) is 0.375. The zero-order valence-electron chi connectivity index (χ0n) is 6.56. The van der Waals surface area contributed by atoms with Crippen LogP contribution in [0.3, 0.4) is 0 Å². The van der Waals surface area contributed by atoms with Crippen LogP contribution in [0, 0.1) is 5.92 Å². The monoisotopic (exact) mass is 160 g/mol. The van der Waals surface area contributed by atoms with Crippen molar-refractivity contribution < 1.29 is 0 Å². The lowest BCUT2D eigenvalue weighted by Crippen LogP contribution is -2.00. The van der Waals surface area contributed by atoms with Crippen LogP contribution in [0.15, 0.2) is 16.8 Å². The second-order valence-corrected chi connectivity index (χ2v) is 2.87. The Labute approximate surface area is 66.8 Å². The Balaban J connectivity index is 4.05. The first-order valence-electron chi connectivity index (χ1n) is 3.19. The summed E-state index contributed by atoms with van der Waals surface area (Å²) in [5.41, 5.74) is 6.28. The Bertz CT molecular complexity index is 155. The average Bonchev–Trinajstić information content (AvgIpc) is 1.82. The Morgan fingerprint density at radius 1 is 1.60 bits per heavy atom. The normalized spacial score (nSPS) is 14.5. The highest BCUT2D eigenvalue weighted by atomic mass is 35.5. The standard InChI is InChI=1S/C7H13ClN2/c1-5(2)6(3)4-10-7(8)9/h4-5H,1-3H3,(H2,9,10)/b6-4+. The van der Waals surface area contributed by atoms with Crippen LogP contribution in [0.2, 0.25) is 0 Å². The molecule has 0 unspecified atom stereocenters. The van der Waals surface area contributed by atoms with Gasteiger partial charge in [-0.15, -0.1) is 0 Å². The summed E-state index contributed by atoms with van der Waals surface area (Å²) in [6, 6.07) is 0. The van der Waals surface area contributed by atoms with E-state index in [9.17, 15) is 0 Å². The third kappa shape index (κ3) is 4.39. The third-order valence-corrected chi connectivity index (χ3v) is 1.40. The van der Waals surface area contributed by atoms with Crippen LogP contribution >= 0.6 is 11.6 Å². The predicted molar refractivity (Wildman–Crippen MR) is 46.1 cm³/mol. The van der Waals surface area contributed by atoms with Crippen molar-refractivity contribution in [2.75, 3.05) is 0 Å². The van der Waals surface area contributed by atoms with E-state index in [0.29, 0.717) is 5.92 Å². The molecule has 3 heteroatoms. The number of hydrogen-bond donors (Lipinski definition) is 1. The van der Waals surface area contributed by atoms with Crippen molar-refractivity contribution >= 4 is 16.9 Å². The highest BCUT2D eigenvalue weighted by Gasteiger charge is 1.93. The summed E-state index contributed by atoms with van der Waals surface area (Å²) in [6.45, 7) is 6.17. The number of allylic oxidation sites excluding steroid dienone is 1. The van der Waals surface area contributed by atoms with Crippen LogP contribution < -0.4 is 5.73 Å². The van der Waals surface area contributed by atoms with Crippen LogP contribution in [0.5, 0.6) is 0 Å². The molecule has 0 rings (SSSR count). The molecular formula is C7H13ClN2. The molecule has 0 aliphatic heterocycles. The zero-order valence-corrected chi connectivity index (χ0v) is 7.31. The molecule has 0 saturated carbocycles. The molecule has 0 aromatic rings. The largest absolute Gasteiger partial charge is 0.374 e. The van der Waals surface area contributed by atoms with E-state index in [4.69, 9.17) is 17.3 Å². The summed E-state index contributed by atoms with van der Waals surface area (Å²) in [5.74, 6) is 0.500. The van der Waals surface area contributed by atoms with Crippen molar-refractivity contribution in [3.63, 3.8) is 0 Å². The number of rotatable bonds is 2. The van der Waals surface area contributed by atoms with E-state index in [-0.39, 0.29) is 5.29 Å². The van der Waals surface area contributed by atoms with Gasteiger partial charge in [0.05, 0.1) is 0 Å². The maximum atomic E-state index is 5.31. The summed E-state index contributed by atoms with van der Waals surface area (Å²) >= 11 is 5.31. The third-order valence-electron chi connectivity index (χ3n) is 1.30. The number of aliphatic imine (C=N–C) groups is 1. The molecule has 0 atom stereocenters. The van der Waals surface area contributed by atoms with Gasteiger partial charge in [0.1, 0.15) is 0 Å². The van der Waals surface area contributed by atoms with Gasteiger partial charge in [0.15, 0.2) is 5.29 Å². The first-order valence-corrected chi connectivity index (χ1v) is 3.57. The molecule has 0 spiro atoms. The van der Waals surface area contributed by atoms with E-state index in [1.807, 2.05) is 6.92 Å². The Hall–Kier alpha value is -0.500. The molecule has 0 aliphatic rings. The fraction of sp³-hybridized carbons (Fsp3) is 0.571. The lowest BCUT2D eigenvalue weighted by atomic mass is 10.1. The number of hydrogen-bond acceptors (Lipinski definition) is 1. The lowest BCUT2D eigenvalue weighted by molar-refractivity contribution is 0.766. The zero-order chi connectivity index (χ0) is 8.15. The molecule has 0 radical (unpaired) electrons. The van der Waals surface area contributed by atoms with Crippen molar-refractivity contribution in [3.8, 4) is 0 Å². The van der Waals surface area contributed by atoms with Gasteiger partial charge in [0.25, 0.3) is 0 Å². The molecule has 0 bridgehead atoms. The van der Waals surface area contributed by atoms with E-state index < -0.39 is 0 Å². The number of amidine groups is 1. The average molecular weight is 161 g/mol. The summed E-state index contributed by atoms with van der Waals surface area (Å²) in [6.07, 6.45) is 1.69. The van der Waals surface area contributed by atoms with Crippen LogP contribution in [-0.2, 0) is 0 Å². The molecule has 2 N–H and O–H groups in total. The molecule has 58 valence electrons. The SMILES string of the molecule is C/C(=C\N=C(/N)Cl)C(C)C. The van der Waals surface area contributed by atoms with Gasteiger partial charge in [-0.25, -0.2) is 4.99 Å². The van der Waals surface area contributed by atoms with Crippen LogP contribution in [0.4, 0.5) is 0 Å². The molecule has 2 nitrogen and oxygen atoms in total. The van der Waals surface area contributed by atoms with Gasteiger partial charge < -0.3 is 5.73 Å². The molecule has 0 fully saturated rings. The van der Waals surface area contributed by atoms with E-state index in [1.165, 1.54) is 5.57 Å². The molecule has 0 aromatic carbocycles. The molecular weight excluding hydrogens is 148 g/mol. The summed E-state index contributed by atoms with van der Waals surface area (Å²) in [7, 11) is 0. The molecule has 10 heavy (non-hydrogen) atoms. The van der Waals surface area contributed by atoms with Gasteiger partial charge in [-0.1, -0.05) is 19.4 Å². The van der Waals surface area contributed by atoms with Crippen LogP contribution in [0.25, 0.3) is 0 Å². The van der Waals surface area contributed by atoms with Crippen molar-refractivity contribution in [1.82, 2.24) is 0 Å². The minimum atomic E-state index is 0.0833. The number of nitrogens with two attached hydrogens (primary N) is 1.